The highest BCUT2D eigenvalue weighted by molar-refractivity contribution is 6.66. The Morgan fingerprint density at radius 2 is 1.22 bits per heavy atom. The molecule has 246 valence electrons. The van der Waals surface area contributed by atoms with E-state index in [4.69, 9.17) is 28.2 Å². The minimum absolute atomic E-state index is 0.0401. The van der Waals surface area contributed by atoms with E-state index in [1.807, 2.05) is 0 Å². The number of nitrogens with zero attached hydrogens (tertiary/aromatic N) is 1. The van der Waals surface area contributed by atoms with Crippen molar-refractivity contribution in [3.63, 3.8) is 0 Å². The zero-order valence-corrected chi connectivity index (χ0v) is 28.8. The average molecular weight is 605 g/mol. The average Bonchev–Trinajstić information content (AvgIpc) is 2.94. The number of quaternary nitrogens is 1. The summed E-state index contributed by atoms with van der Waals surface area (Å²) in [4.78, 5) is 0. The van der Waals surface area contributed by atoms with E-state index in [0.717, 1.165) is 16.9 Å². The Morgan fingerprint density at radius 1 is 0.683 bits per heavy atom. The normalized spacial score (nSPS) is 20.3. The molecule has 0 aromatic carbocycles. The molecule has 0 aromatic heterocycles. The molecule has 0 spiro atoms. The molecule has 2 atom stereocenters. The van der Waals surface area contributed by atoms with E-state index in [1.54, 1.807) is 0 Å². The molecule has 0 radical (unpaired) electrons. The minimum Gasteiger partial charge on any atom is -0.394 e. The van der Waals surface area contributed by atoms with Gasteiger partial charge in [-0.2, -0.15) is 0 Å². The summed E-state index contributed by atoms with van der Waals surface area (Å²) in [5, 5.41) is 8.76. The van der Waals surface area contributed by atoms with Crippen molar-refractivity contribution in [1.29, 1.82) is 0 Å². The van der Waals surface area contributed by atoms with Crippen LogP contribution in [0.2, 0.25) is 12.6 Å². The maximum atomic E-state index is 8.76. The Morgan fingerprint density at radius 3 is 1.80 bits per heavy atom. The quantitative estimate of drug-likeness (QED) is 0.0577. The van der Waals surface area contributed by atoms with Crippen LogP contribution < -0.4 is 0 Å². The van der Waals surface area contributed by atoms with Crippen LogP contribution in [0.5, 0.6) is 0 Å². The Hall–Kier alpha value is -0.0631. The lowest BCUT2D eigenvalue weighted by atomic mass is 10.0. The Labute approximate surface area is 255 Å². The first-order chi connectivity index (χ1) is 19.9. The Bertz CT molecular complexity index is 570. The third kappa shape index (κ3) is 24.0. The van der Waals surface area contributed by atoms with Gasteiger partial charge in [-0.05, 0) is 31.9 Å². The van der Waals surface area contributed by atoms with E-state index in [0.29, 0.717) is 46.2 Å². The molecule has 8 heteroatoms. The zero-order valence-electron chi connectivity index (χ0n) is 27.8. The van der Waals surface area contributed by atoms with Gasteiger partial charge in [0, 0.05) is 0 Å². The van der Waals surface area contributed by atoms with Crippen molar-refractivity contribution in [2.45, 2.75) is 135 Å². The number of rotatable bonds is 28. The molecule has 0 bridgehead atoms. The molecule has 1 rings (SSSR count). The molecule has 1 N–H and O–H groups in total. The van der Waals surface area contributed by atoms with Gasteiger partial charge >= 0.3 is 8.56 Å². The first kappa shape index (κ1) is 39.0. The monoisotopic (exact) mass is 604 g/mol. The van der Waals surface area contributed by atoms with Crippen LogP contribution in [0.25, 0.3) is 0 Å². The lowest BCUT2D eigenvalue weighted by Gasteiger charge is -2.34. The van der Waals surface area contributed by atoms with Crippen LogP contribution in [0.4, 0.5) is 0 Å². The third-order valence-corrected chi connectivity index (χ3v) is 11.2. The summed E-state index contributed by atoms with van der Waals surface area (Å²) in [5.41, 5.74) is 0. The van der Waals surface area contributed by atoms with E-state index >= 15 is 0 Å². The van der Waals surface area contributed by atoms with E-state index in [-0.39, 0.29) is 12.7 Å². The molecule has 0 aliphatic carbocycles. The molecule has 41 heavy (non-hydrogen) atoms. The summed E-state index contributed by atoms with van der Waals surface area (Å²) in [6, 6.07) is 1.02. The summed E-state index contributed by atoms with van der Waals surface area (Å²) in [6.07, 6.45) is 23.8. The lowest BCUT2D eigenvalue weighted by Crippen LogP contribution is -2.47. The molecule has 1 aliphatic heterocycles. The van der Waals surface area contributed by atoms with Crippen LogP contribution in [-0.4, -0.2) is 104 Å². The SMILES string of the molecule is CCCCCCCCCCCCCCCCCC[N+](C)(C)CCC[Si]1(C)OCCOC(COCCOCCO)CO1. The van der Waals surface area contributed by atoms with Gasteiger partial charge in [-0.15, -0.1) is 0 Å². The van der Waals surface area contributed by atoms with Crippen molar-refractivity contribution in [2.75, 3.05) is 80.0 Å². The van der Waals surface area contributed by atoms with E-state index in [9.17, 15) is 0 Å². The van der Waals surface area contributed by atoms with Gasteiger partial charge in [0.25, 0.3) is 0 Å². The van der Waals surface area contributed by atoms with E-state index < -0.39 is 8.56 Å². The fourth-order valence-corrected chi connectivity index (χ4v) is 7.83. The molecular formula is C33H70NO6Si+. The first-order valence-electron chi connectivity index (χ1n) is 17.4. The van der Waals surface area contributed by atoms with Crippen LogP contribution in [0, 0.1) is 0 Å². The summed E-state index contributed by atoms with van der Waals surface area (Å²) < 4.78 is 30.4. The molecule has 1 heterocycles. The summed E-state index contributed by atoms with van der Waals surface area (Å²) in [6.45, 7) is 10.5. The molecule has 7 nitrogen and oxygen atoms in total. The molecule has 1 aliphatic rings. The van der Waals surface area contributed by atoms with Crippen molar-refractivity contribution in [1.82, 2.24) is 0 Å². The van der Waals surface area contributed by atoms with Crippen LogP contribution in [0.3, 0.4) is 0 Å². The lowest BCUT2D eigenvalue weighted by molar-refractivity contribution is -0.890. The standard InChI is InChI=1S/C33H70NO6Si/c1-5-6-7-8-9-10-11-12-13-14-15-16-17-18-19-20-22-34(2,3)23-21-30-41(4)39-29-28-38-33(32-40-41)31-37-27-26-36-25-24-35/h33,35H,5-32H2,1-4H3/q+1. The number of unbranched alkanes of at least 4 members (excludes halogenated alkanes) is 15. The van der Waals surface area contributed by atoms with Gasteiger partial charge in [-0.3, -0.25) is 0 Å². The maximum absolute atomic E-state index is 8.76. The van der Waals surface area contributed by atoms with Crippen molar-refractivity contribution in [3.05, 3.63) is 0 Å². The second-order valence-electron chi connectivity index (χ2n) is 13.0. The highest BCUT2D eigenvalue weighted by Crippen LogP contribution is 2.20. The van der Waals surface area contributed by atoms with Crippen LogP contribution in [0.1, 0.15) is 116 Å². The van der Waals surface area contributed by atoms with Gasteiger partial charge < -0.3 is 32.7 Å². The number of aliphatic hydroxyl groups is 1. The largest absolute Gasteiger partial charge is 0.394 e. The van der Waals surface area contributed by atoms with Gasteiger partial charge in [0.2, 0.25) is 0 Å². The highest BCUT2D eigenvalue weighted by atomic mass is 28.4. The first-order valence-corrected chi connectivity index (χ1v) is 19.9. The van der Waals surface area contributed by atoms with Gasteiger partial charge in [-0.1, -0.05) is 96.8 Å². The van der Waals surface area contributed by atoms with Crippen LogP contribution in [-0.2, 0) is 23.1 Å². The van der Waals surface area contributed by atoms with Crippen LogP contribution >= 0.6 is 0 Å². The van der Waals surface area contributed by atoms with Crippen molar-refractivity contribution in [3.8, 4) is 0 Å². The maximum Gasteiger partial charge on any atom is 0.335 e. The highest BCUT2D eigenvalue weighted by Gasteiger charge is 2.34. The van der Waals surface area contributed by atoms with Crippen molar-refractivity contribution < 1.29 is 32.7 Å². The minimum atomic E-state index is -2.20. The summed E-state index contributed by atoms with van der Waals surface area (Å²) in [7, 11) is 2.55. The number of hydrogen-bond acceptors (Lipinski definition) is 6. The molecule has 0 amide bonds. The van der Waals surface area contributed by atoms with Gasteiger partial charge in [-0.25, -0.2) is 0 Å². The number of hydrogen-bond donors (Lipinski definition) is 1. The van der Waals surface area contributed by atoms with Crippen molar-refractivity contribution in [2.24, 2.45) is 0 Å². The molecule has 1 saturated heterocycles. The molecule has 2 unspecified atom stereocenters. The second kappa shape index (κ2) is 26.3. The van der Waals surface area contributed by atoms with Gasteiger partial charge in [0.05, 0.1) is 80.0 Å². The van der Waals surface area contributed by atoms with Gasteiger partial charge in [0.1, 0.15) is 6.10 Å². The number of aliphatic hydroxyl groups excluding tert-OH is 1. The van der Waals surface area contributed by atoms with Crippen molar-refractivity contribution >= 4 is 8.56 Å². The predicted octanol–water partition coefficient (Wildman–Crippen LogP) is 7.24. The molecule has 1 fully saturated rings. The number of ether oxygens (including phenoxy) is 3. The second-order valence-corrected chi connectivity index (χ2v) is 16.3. The molecular weight excluding hydrogens is 534 g/mol. The Kier molecular flexibility index (Phi) is 25.0. The summed E-state index contributed by atoms with van der Waals surface area (Å²) >= 11 is 0. The molecule has 0 aromatic rings. The summed E-state index contributed by atoms with van der Waals surface area (Å²) in [5.74, 6) is 0. The fraction of sp³-hybridized carbons (Fsp3) is 1.00. The fourth-order valence-electron chi connectivity index (χ4n) is 5.60. The predicted molar refractivity (Wildman–Crippen MR) is 173 cm³/mol. The van der Waals surface area contributed by atoms with Gasteiger partial charge in [0.15, 0.2) is 0 Å². The molecule has 0 saturated carbocycles. The third-order valence-electron chi connectivity index (χ3n) is 8.34. The smallest absolute Gasteiger partial charge is 0.335 e. The van der Waals surface area contributed by atoms with Crippen LogP contribution in [0.15, 0.2) is 0 Å². The Balaban J connectivity index is 2.02. The topological polar surface area (TPSA) is 66.4 Å². The van der Waals surface area contributed by atoms with E-state index in [2.05, 4.69) is 27.6 Å². The zero-order chi connectivity index (χ0) is 29.9. The van der Waals surface area contributed by atoms with E-state index in [1.165, 1.54) is 116 Å².